The van der Waals surface area contributed by atoms with Crippen molar-refractivity contribution in [2.45, 2.75) is 12.8 Å². The largest absolute Gasteiger partial charge is 0.444 e. The van der Waals surface area contributed by atoms with E-state index < -0.39 is 5.91 Å². The van der Waals surface area contributed by atoms with Gasteiger partial charge in [0.25, 0.3) is 11.8 Å². The highest BCUT2D eigenvalue weighted by atomic mass is 32.1. The first-order valence-electron chi connectivity index (χ1n) is 7.83. The third-order valence-electron chi connectivity index (χ3n) is 4.13. The number of carbonyl (C=O) groups excluding carboxylic acids is 2. The average molecular weight is 386 g/mol. The van der Waals surface area contributed by atoms with Gasteiger partial charge >= 0.3 is 0 Å². The first-order chi connectivity index (χ1) is 12.6. The number of thiophene rings is 1. The van der Waals surface area contributed by atoms with Crippen LogP contribution >= 0.6 is 22.9 Å². The summed E-state index contributed by atoms with van der Waals surface area (Å²) in [5.41, 5.74) is 8.87. The Bertz CT molecular complexity index is 1020. The number of ether oxygens (including phenoxy) is 1. The summed E-state index contributed by atoms with van der Waals surface area (Å²) in [6, 6.07) is 1.61. The maximum absolute atomic E-state index is 11.9. The molecule has 0 unspecified atom stereocenters. The molecule has 1 aliphatic carbocycles. The van der Waals surface area contributed by atoms with Gasteiger partial charge < -0.3 is 15.8 Å². The molecule has 0 aromatic carbocycles. The predicted molar refractivity (Wildman–Crippen MR) is 99.1 cm³/mol. The molecule has 0 bridgehead atoms. The topological polar surface area (TPSA) is 107 Å². The van der Waals surface area contributed by atoms with Crippen molar-refractivity contribution < 1.29 is 14.3 Å². The fourth-order valence-electron chi connectivity index (χ4n) is 2.94. The first-order valence-corrected chi connectivity index (χ1v) is 9.42. The van der Waals surface area contributed by atoms with Crippen LogP contribution in [0.5, 0.6) is 10.8 Å². The third-order valence-corrected chi connectivity index (χ3v) is 6.11. The van der Waals surface area contributed by atoms with Crippen LogP contribution in [0.4, 0.5) is 0 Å². The first kappa shape index (κ1) is 16.7. The number of amides is 2. The Morgan fingerprint density at radius 1 is 1.27 bits per heavy atom. The van der Waals surface area contributed by atoms with Gasteiger partial charge in [-0.25, -0.2) is 4.37 Å². The second kappa shape index (κ2) is 6.50. The van der Waals surface area contributed by atoms with E-state index in [0.29, 0.717) is 21.3 Å². The molecule has 2 amide bonds. The molecule has 132 valence electrons. The number of primary amides is 1. The van der Waals surface area contributed by atoms with E-state index in [1.807, 2.05) is 6.20 Å². The number of rotatable bonds is 4. The van der Waals surface area contributed by atoms with Gasteiger partial charge in [0.05, 0.1) is 27.1 Å². The molecule has 26 heavy (non-hydrogen) atoms. The van der Waals surface area contributed by atoms with Crippen LogP contribution in [-0.2, 0) is 12.8 Å². The predicted octanol–water partition coefficient (Wildman–Crippen LogP) is 2.62. The molecule has 0 spiro atoms. The smallest absolute Gasteiger partial charge is 0.259 e. The number of carbonyl (C=O) groups is 2. The van der Waals surface area contributed by atoms with Gasteiger partial charge in [0.1, 0.15) is 5.75 Å². The summed E-state index contributed by atoms with van der Waals surface area (Å²) < 4.78 is 10.3. The molecular weight excluding hydrogens is 372 g/mol. The van der Waals surface area contributed by atoms with Crippen LogP contribution < -0.4 is 15.8 Å². The summed E-state index contributed by atoms with van der Waals surface area (Å²) in [6.07, 6.45) is 6.38. The molecule has 3 aromatic heterocycles. The van der Waals surface area contributed by atoms with Crippen molar-refractivity contribution in [2.24, 2.45) is 5.73 Å². The molecular formula is C17H14N4O3S2. The number of pyridine rings is 1. The van der Waals surface area contributed by atoms with E-state index in [2.05, 4.69) is 14.7 Å². The van der Waals surface area contributed by atoms with Gasteiger partial charge in [-0.15, -0.1) is 0 Å². The van der Waals surface area contributed by atoms with Crippen LogP contribution in [0.1, 0.15) is 31.2 Å². The highest BCUT2D eigenvalue weighted by Gasteiger charge is 2.30. The molecule has 0 saturated carbocycles. The van der Waals surface area contributed by atoms with Crippen molar-refractivity contribution in [3.05, 3.63) is 46.2 Å². The number of hydrogen-bond donors (Lipinski definition) is 2. The van der Waals surface area contributed by atoms with Crippen molar-refractivity contribution in [3.63, 3.8) is 0 Å². The minimum atomic E-state index is -0.466. The molecule has 9 heteroatoms. The van der Waals surface area contributed by atoms with E-state index in [4.69, 9.17) is 10.5 Å². The van der Waals surface area contributed by atoms with Gasteiger partial charge in [-0.3, -0.25) is 14.6 Å². The van der Waals surface area contributed by atoms with E-state index in [9.17, 15) is 9.59 Å². The SMILES string of the molecule is CNC(=O)c1cncc(Oc2sc(C(N)=O)c3c2-c2sncc2CC3)c1. The lowest BCUT2D eigenvalue weighted by Gasteiger charge is -2.14. The fraction of sp³-hybridized carbons (Fsp3) is 0.176. The Kier molecular flexibility index (Phi) is 4.17. The van der Waals surface area contributed by atoms with Crippen molar-refractivity contribution in [1.82, 2.24) is 14.7 Å². The van der Waals surface area contributed by atoms with Crippen molar-refractivity contribution in [1.29, 1.82) is 0 Å². The Morgan fingerprint density at radius 2 is 2.12 bits per heavy atom. The standard InChI is InChI=1S/C17H14N4O3S2/c1-19-16(23)9-4-10(7-20-5-9)24-17-12-11(14(25-17)15(18)22)3-2-8-6-21-26-13(8)12/h4-7H,2-3H2,1H3,(H2,18,22)(H,19,23). The number of aryl methyl sites for hydroxylation is 1. The molecule has 3 heterocycles. The molecule has 0 saturated heterocycles. The monoisotopic (exact) mass is 386 g/mol. The van der Waals surface area contributed by atoms with E-state index in [1.165, 1.54) is 35.3 Å². The van der Waals surface area contributed by atoms with Gasteiger partial charge in [0, 0.05) is 19.4 Å². The molecule has 0 atom stereocenters. The van der Waals surface area contributed by atoms with Gasteiger partial charge in [0.15, 0.2) is 5.06 Å². The Labute approximate surface area is 157 Å². The molecule has 0 aliphatic heterocycles. The average Bonchev–Trinajstić information content (AvgIpc) is 3.25. The highest BCUT2D eigenvalue weighted by Crippen LogP contribution is 2.49. The lowest BCUT2D eigenvalue weighted by Crippen LogP contribution is -2.17. The lowest BCUT2D eigenvalue weighted by atomic mass is 9.93. The van der Waals surface area contributed by atoms with E-state index in [1.54, 1.807) is 13.1 Å². The summed E-state index contributed by atoms with van der Waals surface area (Å²) in [7, 11) is 1.55. The lowest BCUT2D eigenvalue weighted by molar-refractivity contribution is 0.0961. The Hall–Kier alpha value is -2.78. The second-order valence-corrected chi connectivity index (χ2v) is 7.49. The zero-order chi connectivity index (χ0) is 18.3. The minimum Gasteiger partial charge on any atom is -0.444 e. The molecule has 0 radical (unpaired) electrons. The maximum atomic E-state index is 11.9. The van der Waals surface area contributed by atoms with Gasteiger partial charge in [0.2, 0.25) is 0 Å². The quantitative estimate of drug-likeness (QED) is 0.717. The van der Waals surface area contributed by atoms with Crippen molar-refractivity contribution >= 4 is 34.7 Å². The number of nitrogens with two attached hydrogens (primary N) is 1. The third kappa shape index (κ3) is 2.74. The van der Waals surface area contributed by atoms with Gasteiger partial charge in [-0.05, 0) is 41.6 Å². The second-order valence-electron chi connectivity index (χ2n) is 5.71. The van der Waals surface area contributed by atoms with E-state index in [0.717, 1.165) is 34.4 Å². The summed E-state index contributed by atoms with van der Waals surface area (Å²) >= 11 is 2.59. The molecule has 4 rings (SSSR count). The molecule has 3 aromatic rings. The summed E-state index contributed by atoms with van der Waals surface area (Å²) in [6.45, 7) is 0. The van der Waals surface area contributed by atoms with Crippen LogP contribution in [0.2, 0.25) is 0 Å². The zero-order valence-corrected chi connectivity index (χ0v) is 15.4. The Morgan fingerprint density at radius 3 is 2.88 bits per heavy atom. The minimum absolute atomic E-state index is 0.251. The zero-order valence-electron chi connectivity index (χ0n) is 13.7. The Balaban J connectivity index is 1.79. The number of hydrogen-bond acceptors (Lipinski definition) is 7. The van der Waals surface area contributed by atoms with Crippen molar-refractivity contribution in [2.75, 3.05) is 7.05 Å². The number of aromatic nitrogens is 2. The number of nitrogens with zero attached hydrogens (tertiary/aromatic N) is 2. The summed E-state index contributed by atoms with van der Waals surface area (Å²) in [4.78, 5) is 29.2. The molecule has 3 N–H and O–H groups in total. The molecule has 7 nitrogen and oxygen atoms in total. The van der Waals surface area contributed by atoms with Crippen LogP contribution in [0, 0.1) is 0 Å². The molecule has 0 fully saturated rings. The summed E-state index contributed by atoms with van der Waals surface area (Å²) in [5, 5.41) is 3.12. The van der Waals surface area contributed by atoms with Crippen LogP contribution in [0.25, 0.3) is 10.4 Å². The normalized spacial score (nSPS) is 12.2. The number of nitrogens with one attached hydrogen (secondary N) is 1. The fourth-order valence-corrected chi connectivity index (χ4v) is 4.94. The van der Waals surface area contributed by atoms with E-state index >= 15 is 0 Å². The maximum Gasteiger partial charge on any atom is 0.259 e. The molecule has 1 aliphatic rings. The number of fused-ring (bicyclic) bond motifs is 3. The van der Waals surface area contributed by atoms with Crippen LogP contribution in [0.15, 0.2) is 24.7 Å². The van der Waals surface area contributed by atoms with Gasteiger partial charge in [-0.1, -0.05) is 11.3 Å². The highest BCUT2D eigenvalue weighted by molar-refractivity contribution is 7.17. The van der Waals surface area contributed by atoms with Gasteiger partial charge in [-0.2, -0.15) is 0 Å². The van der Waals surface area contributed by atoms with E-state index in [-0.39, 0.29) is 5.91 Å². The van der Waals surface area contributed by atoms with Crippen molar-refractivity contribution in [3.8, 4) is 21.3 Å². The van der Waals surface area contributed by atoms with Crippen LogP contribution in [0.3, 0.4) is 0 Å². The van der Waals surface area contributed by atoms with Crippen LogP contribution in [-0.4, -0.2) is 28.2 Å². The summed E-state index contributed by atoms with van der Waals surface area (Å²) in [5.74, 6) is -0.298.